The normalized spacial score (nSPS) is 14.3. The van der Waals surface area contributed by atoms with Crippen LogP contribution in [0.15, 0.2) is 66.7 Å². The van der Waals surface area contributed by atoms with Crippen LogP contribution < -0.4 is 4.74 Å². The number of hydrogen-bond donors (Lipinski definition) is 0. The maximum atomic E-state index is 5.18. The quantitative estimate of drug-likeness (QED) is 0.423. The predicted molar refractivity (Wildman–Crippen MR) is 118 cm³/mol. The van der Waals surface area contributed by atoms with E-state index in [1.165, 1.54) is 11.3 Å². The Morgan fingerprint density at radius 3 is 1.96 bits per heavy atom. The molecule has 0 aromatic heterocycles. The van der Waals surface area contributed by atoms with Gasteiger partial charge >= 0.3 is 0 Å². The summed E-state index contributed by atoms with van der Waals surface area (Å²) in [5.41, 5.74) is 6.59. The molecule has 1 aliphatic rings. The Morgan fingerprint density at radius 1 is 0.786 bits per heavy atom. The molecule has 1 atom stereocenters. The largest absolute Gasteiger partial charge is 0.497 e. The number of methoxy groups -OCH3 is 1. The molecule has 3 aromatic rings. The van der Waals surface area contributed by atoms with Gasteiger partial charge in [-0.2, -0.15) is 11.8 Å². The van der Waals surface area contributed by atoms with Crippen molar-refractivity contribution in [1.29, 1.82) is 0 Å². The number of benzene rings is 3. The lowest BCUT2D eigenvalue weighted by atomic mass is 10.0. The van der Waals surface area contributed by atoms with Gasteiger partial charge in [-0.3, -0.25) is 0 Å². The van der Waals surface area contributed by atoms with Crippen LogP contribution >= 0.6 is 11.8 Å². The molecule has 0 bridgehead atoms. The van der Waals surface area contributed by atoms with Crippen molar-refractivity contribution in [1.82, 2.24) is 0 Å². The van der Waals surface area contributed by atoms with Crippen molar-refractivity contribution in [3.63, 3.8) is 0 Å². The predicted octanol–water partition coefficient (Wildman–Crippen LogP) is 5.59. The van der Waals surface area contributed by atoms with E-state index < -0.39 is 0 Å². The van der Waals surface area contributed by atoms with Crippen molar-refractivity contribution in [2.75, 3.05) is 12.9 Å². The van der Waals surface area contributed by atoms with E-state index >= 15 is 0 Å². The standard InChI is InChI=1S/C26H20OS/c1-19-17-22(4-3-20-6-13-24(14-7-20)26-18-28-26)8-12-23(19)11-5-21-9-15-25(27-2)16-10-21/h6-10,12-17,26H,18H2,1-2H3. The highest BCUT2D eigenvalue weighted by Gasteiger charge is 2.23. The molecular formula is C26H20OS. The van der Waals surface area contributed by atoms with Crippen molar-refractivity contribution >= 4 is 11.8 Å². The second kappa shape index (κ2) is 8.30. The summed E-state index contributed by atoms with van der Waals surface area (Å²) in [5.74, 6) is 15.1. The molecule has 1 fully saturated rings. The van der Waals surface area contributed by atoms with Gasteiger partial charge in [-0.25, -0.2) is 0 Å². The first-order chi connectivity index (χ1) is 13.7. The molecule has 0 aliphatic carbocycles. The fourth-order valence-corrected chi connectivity index (χ4v) is 3.50. The molecule has 1 heterocycles. The zero-order chi connectivity index (χ0) is 19.3. The molecule has 136 valence electrons. The van der Waals surface area contributed by atoms with Crippen LogP contribution in [-0.2, 0) is 0 Å². The van der Waals surface area contributed by atoms with Crippen LogP contribution in [0.1, 0.15) is 38.6 Å². The lowest BCUT2D eigenvalue weighted by molar-refractivity contribution is 0.415. The fraction of sp³-hybridized carbons (Fsp3) is 0.154. The summed E-state index contributed by atoms with van der Waals surface area (Å²) < 4.78 is 5.18. The lowest BCUT2D eigenvalue weighted by Crippen LogP contribution is -1.86. The highest BCUT2D eigenvalue weighted by Crippen LogP contribution is 2.45. The first-order valence-corrected chi connectivity index (χ1v) is 10.3. The number of ether oxygens (including phenoxy) is 1. The molecule has 0 saturated carbocycles. The first-order valence-electron chi connectivity index (χ1n) is 9.21. The van der Waals surface area contributed by atoms with E-state index in [-0.39, 0.29) is 0 Å². The van der Waals surface area contributed by atoms with Crippen molar-refractivity contribution in [3.8, 4) is 29.4 Å². The minimum Gasteiger partial charge on any atom is -0.497 e. The summed E-state index contributed by atoms with van der Waals surface area (Å²) in [4.78, 5) is 0. The van der Waals surface area contributed by atoms with E-state index in [1.807, 2.05) is 48.2 Å². The molecule has 1 saturated heterocycles. The van der Waals surface area contributed by atoms with Crippen molar-refractivity contribution < 1.29 is 4.74 Å². The third-order valence-electron chi connectivity index (χ3n) is 4.62. The third kappa shape index (κ3) is 4.61. The van der Waals surface area contributed by atoms with Gasteiger partial charge in [0.15, 0.2) is 0 Å². The van der Waals surface area contributed by atoms with Gasteiger partial charge < -0.3 is 4.74 Å². The average molecular weight is 381 g/mol. The van der Waals surface area contributed by atoms with Gasteiger partial charge in [0.2, 0.25) is 0 Å². The van der Waals surface area contributed by atoms with E-state index in [1.54, 1.807) is 7.11 Å². The molecule has 0 spiro atoms. The molecule has 0 amide bonds. The summed E-state index contributed by atoms with van der Waals surface area (Å²) in [5, 5.41) is 0.705. The van der Waals surface area contributed by atoms with Gasteiger partial charge in [0.25, 0.3) is 0 Å². The fourth-order valence-electron chi connectivity index (χ4n) is 2.86. The number of aryl methyl sites for hydroxylation is 1. The third-order valence-corrected chi connectivity index (χ3v) is 5.56. The Labute approximate surface area is 171 Å². The Balaban J connectivity index is 1.48. The van der Waals surface area contributed by atoms with Crippen molar-refractivity contribution in [3.05, 3.63) is 100 Å². The monoisotopic (exact) mass is 380 g/mol. The second-order valence-corrected chi connectivity index (χ2v) is 7.94. The minimum atomic E-state index is 0.705. The summed E-state index contributed by atoms with van der Waals surface area (Å²) >= 11 is 1.99. The Bertz CT molecular complexity index is 1100. The Hall–Kier alpha value is -3.07. The summed E-state index contributed by atoms with van der Waals surface area (Å²) in [6.07, 6.45) is 0. The zero-order valence-electron chi connectivity index (χ0n) is 16.0. The van der Waals surface area contributed by atoms with Gasteiger partial charge in [-0.05, 0) is 72.6 Å². The summed E-state index contributed by atoms with van der Waals surface area (Å²) in [7, 11) is 1.66. The SMILES string of the molecule is COc1ccc(C#Cc2ccc(C#Cc3ccc(C4CS4)cc3)cc2C)cc1. The van der Waals surface area contributed by atoms with Crippen molar-refractivity contribution in [2.24, 2.45) is 0 Å². The van der Waals surface area contributed by atoms with E-state index in [0.717, 1.165) is 33.6 Å². The van der Waals surface area contributed by atoms with Crippen molar-refractivity contribution in [2.45, 2.75) is 12.2 Å². The summed E-state index contributed by atoms with van der Waals surface area (Å²) in [6.45, 7) is 2.07. The van der Waals surface area contributed by atoms with Crippen LogP contribution in [0, 0.1) is 30.6 Å². The van der Waals surface area contributed by atoms with Crippen LogP contribution in [0.4, 0.5) is 0 Å². The van der Waals surface area contributed by atoms with Crippen LogP contribution in [-0.4, -0.2) is 12.9 Å². The molecule has 0 N–H and O–H groups in total. The molecule has 1 aliphatic heterocycles. The molecular weight excluding hydrogens is 360 g/mol. The summed E-state index contributed by atoms with van der Waals surface area (Å²) in [6, 6.07) is 22.6. The smallest absolute Gasteiger partial charge is 0.118 e. The lowest BCUT2D eigenvalue weighted by Gasteiger charge is -2.00. The maximum absolute atomic E-state index is 5.18. The molecule has 4 rings (SSSR count). The Morgan fingerprint density at radius 2 is 1.36 bits per heavy atom. The molecule has 2 heteroatoms. The highest BCUT2D eigenvalue weighted by molar-refractivity contribution is 8.06. The molecule has 0 radical (unpaired) electrons. The zero-order valence-corrected chi connectivity index (χ0v) is 16.8. The van der Waals surface area contributed by atoms with E-state index in [2.05, 4.69) is 60.9 Å². The van der Waals surface area contributed by atoms with Gasteiger partial charge in [0, 0.05) is 33.3 Å². The molecule has 1 nitrogen and oxygen atoms in total. The average Bonchev–Trinajstić information content (AvgIpc) is 3.58. The number of thioether (sulfide) groups is 1. The van der Waals surface area contributed by atoms with Gasteiger partial charge in [-0.15, -0.1) is 0 Å². The molecule has 1 unspecified atom stereocenters. The van der Waals surface area contributed by atoms with E-state index in [4.69, 9.17) is 4.74 Å². The van der Waals surface area contributed by atoms with Crippen LogP contribution in [0.25, 0.3) is 0 Å². The van der Waals surface area contributed by atoms with Gasteiger partial charge in [0.05, 0.1) is 7.11 Å². The topological polar surface area (TPSA) is 9.23 Å². The van der Waals surface area contributed by atoms with Crippen LogP contribution in [0.3, 0.4) is 0 Å². The van der Waals surface area contributed by atoms with Gasteiger partial charge in [-0.1, -0.05) is 35.8 Å². The van der Waals surface area contributed by atoms with Gasteiger partial charge in [0.1, 0.15) is 5.75 Å². The van der Waals surface area contributed by atoms with E-state index in [9.17, 15) is 0 Å². The van der Waals surface area contributed by atoms with Crippen LogP contribution in [0.5, 0.6) is 5.75 Å². The molecule has 3 aromatic carbocycles. The maximum Gasteiger partial charge on any atom is 0.118 e. The number of hydrogen-bond acceptors (Lipinski definition) is 2. The second-order valence-electron chi connectivity index (χ2n) is 6.70. The first kappa shape index (κ1) is 18.3. The molecule has 28 heavy (non-hydrogen) atoms. The van der Waals surface area contributed by atoms with E-state index in [0.29, 0.717) is 5.25 Å². The highest BCUT2D eigenvalue weighted by atomic mass is 32.2. The number of rotatable bonds is 2. The van der Waals surface area contributed by atoms with Crippen LogP contribution in [0.2, 0.25) is 0 Å². The minimum absolute atomic E-state index is 0.705. The Kier molecular flexibility index (Phi) is 5.43.